The number of anilines is 2. The molecule has 0 saturated carbocycles. The van der Waals surface area contributed by atoms with E-state index in [1.807, 2.05) is 4.90 Å². The summed E-state index contributed by atoms with van der Waals surface area (Å²) in [5.41, 5.74) is 6.42. The average molecular weight is 351 g/mol. The van der Waals surface area contributed by atoms with Crippen LogP contribution in [0.25, 0.3) is 0 Å². The van der Waals surface area contributed by atoms with Crippen LogP contribution in [0.15, 0.2) is 30.6 Å². The molecule has 1 fully saturated rings. The lowest BCUT2D eigenvalue weighted by Gasteiger charge is -2.32. The van der Waals surface area contributed by atoms with Crippen LogP contribution in [0.2, 0.25) is 10.0 Å². The molecule has 0 spiro atoms. The molecular formula is C16H16Cl2N4O. The molecule has 5 nitrogen and oxygen atoms in total. The zero-order chi connectivity index (χ0) is 16.4. The second kappa shape index (κ2) is 6.72. The Labute approximate surface area is 144 Å². The third-order valence-corrected chi connectivity index (χ3v) is 4.71. The number of aromatic nitrogens is 2. The average Bonchev–Trinajstić information content (AvgIpc) is 2.58. The van der Waals surface area contributed by atoms with Crippen molar-refractivity contribution in [2.45, 2.75) is 12.8 Å². The lowest BCUT2D eigenvalue weighted by Crippen LogP contribution is -2.37. The molecule has 0 radical (unpaired) electrons. The zero-order valence-corrected chi connectivity index (χ0v) is 13.9. The summed E-state index contributed by atoms with van der Waals surface area (Å²) in [6.45, 7) is 1.42. The van der Waals surface area contributed by atoms with Crippen molar-refractivity contribution in [1.29, 1.82) is 0 Å². The summed E-state index contributed by atoms with van der Waals surface area (Å²) in [6.07, 6.45) is 2.91. The molecule has 1 saturated heterocycles. The second-order valence-electron chi connectivity index (χ2n) is 5.53. The third-order valence-electron chi connectivity index (χ3n) is 4.09. The predicted octanol–water partition coefficient (Wildman–Crippen LogP) is 3.46. The van der Waals surface area contributed by atoms with Crippen molar-refractivity contribution in [3.63, 3.8) is 0 Å². The van der Waals surface area contributed by atoms with Crippen molar-refractivity contribution in [1.82, 2.24) is 9.97 Å². The van der Waals surface area contributed by atoms with E-state index in [1.54, 1.807) is 24.3 Å². The minimum atomic E-state index is 0.00499. The number of hydrogen-bond donors (Lipinski definition) is 1. The number of nitrogens with zero attached hydrogens (tertiary/aromatic N) is 3. The monoisotopic (exact) mass is 350 g/mol. The largest absolute Gasteiger partial charge is 0.382 e. The summed E-state index contributed by atoms with van der Waals surface area (Å²) in [7, 11) is 0. The van der Waals surface area contributed by atoms with Crippen molar-refractivity contribution in [3.8, 4) is 0 Å². The molecule has 2 aromatic rings. The number of piperidine rings is 1. The predicted molar refractivity (Wildman–Crippen MR) is 92.2 cm³/mol. The van der Waals surface area contributed by atoms with Gasteiger partial charge in [-0.2, -0.15) is 0 Å². The maximum Gasteiger partial charge on any atom is 0.166 e. The first kappa shape index (κ1) is 16.0. The highest BCUT2D eigenvalue weighted by molar-refractivity contribution is 6.35. The molecule has 1 aromatic heterocycles. The van der Waals surface area contributed by atoms with Gasteiger partial charge in [0.1, 0.15) is 17.2 Å². The van der Waals surface area contributed by atoms with Crippen LogP contribution in [0, 0.1) is 5.92 Å². The third kappa shape index (κ3) is 3.41. The van der Waals surface area contributed by atoms with E-state index in [-0.39, 0.29) is 17.5 Å². The highest BCUT2D eigenvalue weighted by Gasteiger charge is 2.27. The van der Waals surface area contributed by atoms with Crippen LogP contribution < -0.4 is 10.6 Å². The molecule has 1 aromatic carbocycles. The Bertz CT molecular complexity index is 713. The van der Waals surface area contributed by atoms with Gasteiger partial charge in [0.05, 0.1) is 0 Å². The van der Waals surface area contributed by atoms with Gasteiger partial charge in [-0.15, -0.1) is 0 Å². The van der Waals surface area contributed by atoms with Gasteiger partial charge in [-0.25, -0.2) is 9.97 Å². The molecular weight excluding hydrogens is 335 g/mol. The summed E-state index contributed by atoms with van der Waals surface area (Å²) in [5.74, 6) is 1.08. The Morgan fingerprint density at radius 1 is 1.13 bits per heavy atom. The standard InChI is InChI=1S/C16H16Cl2N4O/c17-12-3-1-10(2-4-12)14(23)11-5-7-22(8-6-11)16-13(18)15(19)20-9-21-16/h1-4,9,11H,5-8H2,(H2,19,20,21). The van der Waals surface area contributed by atoms with Gasteiger partial charge in [0.15, 0.2) is 11.6 Å². The van der Waals surface area contributed by atoms with E-state index in [0.29, 0.717) is 34.5 Å². The van der Waals surface area contributed by atoms with E-state index < -0.39 is 0 Å². The minimum Gasteiger partial charge on any atom is -0.382 e. The van der Waals surface area contributed by atoms with Gasteiger partial charge in [0.2, 0.25) is 0 Å². The Hall–Kier alpha value is -1.85. The molecule has 1 aliphatic rings. The van der Waals surface area contributed by atoms with Gasteiger partial charge < -0.3 is 10.6 Å². The fourth-order valence-electron chi connectivity index (χ4n) is 2.80. The van der Waals surface area contributed by atoms with Gasteiger partial charge >= 0.3 is 0 Å². The number of nitrogens with two attached hydrogens (primary N) is 1. The Balaban J connectivity index is 1.67. The first-order valence-electron chi connectivity index (χ1n) is 7.37. The van der Waals surface area contributed by atoms with Crippen molar-refractivity contribution in [2.75, 3.05) is 23.7 Å². The van der Waals surface area contributed by atoms with Gasteiger partial charge in [-0.3, -0.25) is 4.79 Å². The van der Waals surface area contributed by atoms with Crippen LogP contribution in [-0.2, 0) is 0 Å². The quantitative estimate of drug-likeness (QED) is 0.858. The first-order chi connectivity index (χ1) is 11.1. The molecule has 0 aliphatic carbocycles. The minimum absolute atomic E-state index is 0.00499. The molecule has 2 heterocycles. The summed E-state index contributed by atoms with van der Waals surface area (Å²) in [4.78, 5) is 22.7. The van der Waals surface area contributed by atoms with Gasteiger partial charge in [0.25, 0.3) is 0 Å². The van der Waals surface area contributed by atoms with Crippen LogP contribution in [-0.4, -0.2) is 28.8 Å². The second-order valence-corrected chi connectivity index (χ2v) is 6.34. The summed E-state index contributed by atoms with van der Waals surface area (Å²) >= 11 is 12.0. The van der Waals surface area contributed by atoms with E-state index in [1.165, 1.54) is 6.33 Å². The molecule has 0 atom stereocenters. The number of carbonyl (C=O) groups excluding carboxylic acids is 1. The molecule has 23 heavy (non-hydrogen) atoms. The fraction of sp³-hybridized carbons (Fsp3) is 0.312. The number of ketones is 1. The number of nitrogen functional groups attached to an aromatic ring is 1. The topological polar surface area (TPSA) is 72.1 Å². The smallest absolute Gasteiger partial charge is 0.166 e. The van der Waals surface area contributed by atoms with Crippen LogP contribution in [0.4, 0.5) is 11.6 Å². The number of rotatable bonds is 3. The molecule has 2 N–H and O–H groups in total. The van der Waals surface area contributed by atoms with Gasteiger partial charge in [0, 0.05) is 29.6 Å². The van der Waals surface area contributed by atoms with Crippen LogP contribution in [0.1, 0.15) is 23.2 Å². The normalized spacial score (nSPS) is 15.7. The summed E-state index contributed by atoms with van der Waals surface area (Å²) in [5, 5.41) is 1.00. The Morgan fingerprint density at radius 3 is 2.43 bits per heavy atom. The number of halogens is 2. The Morgan fingerprint density at radius 2 is 1.78 bits per heavy atom. The van der Waals surface area contributed by atoms with E-state index >= 15 is 0 Å². The molecule has 3 rings (SSSR count). The highest BCUT2D eigenvalue weighted by atomic mass is 35.5. The van der Waals surface area contributed by atoms with Crippen molar-refractivity contribution in [2.24, 2.45) is 5.92 Å². The van der Waals surface area contributed by atoms with Gasteiger partial charge in [-0.1, -0.05) is 23.2 Å². The van der Waals surface area contributed by atoms with Crippen molar-refractivity contribution < 1.29 is 4.79 Å². The molecule has 0 bridgehead atoms. The zero-order valence-electron chi connectivity index (χ0n) is 12.4. The number of Topliss-reactive ketones (excluding diaryl/α,β-unsaturated/α-hetero) is 1. The van der Waals surface area contributed by atoms with Gasteiger partial charge in [-0.05, 0) is 37.1 Å². The number of carbonyl (C=O) groups is 1. The van der Waals surface area contributed by atoms with Crippen LogP contribution >= 0.6 is 23.2 Å². The first-order valence-corrected chi connectivity index (χ1v) is 8.12. The number of benzene rings is 1. The summed E-state index contributed by atoms with van der Waals surface area (Å²) in [6, 6.07) is 7.04. The lowest BCUT2D eigenvalue weighted by molar-refractivity contribution is 0.0900. The van der Waals surface area contributed by atoms with Crippen LogP contribution in [0.3, 0.4) is 0 Å². The van der Waals surface area contributed by atoms with E-state index in [4.69, 9.17) is 28.9 Å². The highest BCUT2D eigenvalue weighted by Crippen LogP contribution is 2.31. The maximum atomic E-state index is 12.5. The van der Waals surface area contributed by atoms with E-state index in [0.717, 1.165) is 12.8 Å². The van der Waals surface area contributed by atoms with Crippen molar-refractivity contribution >= 4 is 40.6 Å². The lowest BCUT2D eigenvalue weighted by atomic mass is 9.89. The van der Waals surface area contributed by atoms with Crippen molar-refractivity contribution in [3.05, 3.63) is 46.2 Å². The molecule has 0 unspecified atom stereocenters. The van der Waals surface area contributed by atoms with Crippen LogP contribution in [0.5, 0.6) is 0 Å². The fourth-order valence-corrected chi connectivity index (χ4v) is 3.14. The molecule has 7 heteroatoms. The van der Waals surface area contributed by atoms with E-state index in [9.17, 15) is 4.79 Å². The Kier molecular flexibility index (Phi) is 4.68. The molecule has 0 amide bonds. The number of hydrogen-bond acceptors (Lipinski definition) is 5. The maximum absolute atomic E-state index is 12.5. The summed E-state index contributed by atoms with van der Waals surface area (Å²) < 4.78 is 0. The molecule has 120 valence electrons. The SMILES string of the molecule is Nc1ncnc(N2CCC(C(=O)c3ccc(Cl)cc3)CC2)c1Cl. The van der Waals surface area contributed by atoms with E-state index in [2.05, 4.69) is 9.97 Å². The molecule has 1 aliphatic heterocycles.